The van der Waals surface area contributed by atoms with Gasteiger partial charge < -0.3 is 9.88 Å². The molecule has 1 heterocycles. The second kappa shape index (κ2) is 5.42. The van der Waals surface area contributed by atoms with E-state index in [0.717, 1.165) is 0 Å². The van der Waals surface area contributed by atoms with Gasteiger partial charge in [-0.05, 0) is 23.7 Å². The largest absolute Gasteiger partial charge is 0.350 e. The molecule has 0 radical (unpaired) electrons. The van der Waals surface area contributed by atoms with Crippen LogP contribution in [-0.4, -0.2) is 28.2 Å². The average Bonchev–Trinajstić information content (AvgIpc) is 2.74. The van der Waals surface area contributed by atoms with E-state index < -0.39 is 23.6 Å². The number of hydrogen-bond donors (Lipinski definition) is 1. The summed E-state index contributed by atoms with van der Waals surface area (Å²) in [6.45, 7) is -1.12. The third-order valence-corrected chi connectivity index (χ3v) is 2.99. The summed E-state index contributed by atoms with van der Waals surface area (Å²) >= 11 is 5.19. The zero-order valence-electron chi connectivity index (χ0n) is 10.4. The first-order valence-corrected chi connectivity index (χ1v) is 6.01. The number of amides is 1. The Labute approximate surface area is 118 Å². The van der Waals surface area contributed by atoms with Gasteiger partial charge in [0.1, 0.15) is 0 Å². The van der Waals surface area contributed by atoms with E-state index in [-0.39, 0.29) is 5.56 Å². The molecule has 20 heavy (non-hydrogen) atoms. The summed E-state index contributed by atoms with van der Waals surface area (Å²) < 4.78 is 13.8. The number of aromatic nitrogens is 1. The van der Waals surface area contributed by atoms with E-state index in [9.17, 15) is 18.8 Å². The molecule has 0 bridgehead atoms. The molecule has 0 fully saturated rings. The van der Waals surface area contributed by atoms with E-state index in [2.05, 4.69) is 5.32 Å². The number of aryl methyl sites for hydroxylation is 1. The van der Waals surface area contributed by atoms with Gasteiger partial charge >= 0.3 is 0 Å². The number of alkyl halides is 1. The zero-order valence-corrected chi connectivity index (χ0v) is 11.2. The first-order chi connectivity index (χ1) is 9.43. The second-order valence-electron chi connectivity index (χ2n) is 4.17. The predicted octanol–water partition coefficient (Wildman–Crippen LogP) is 2.03. The standard InChI is InChI=1S/C13H10ClFN2O3/c1-17-6-9(12(19)13(14)20)8-3-2-7(4-10(8)17)16-11(18)5-15/h2-4,6H,5H2,1H3,(H,16,18). The van der Waals surface area contributed by atoms with Gasteiger partial charge in [-0.2, -0.15) is 0 Å². The highest BCUT2D eigenvalue weighted by atomic mass is 35.5. The highest BCUT2D eigenvalue weighted by Crippen LogP contribution is 2.25. The van der Waals surface area contributed by atoms with Crippen LogP contribution in [0.25, 0.3) is 10.9 Å². The van der Waals surface area contributed by atoms with Crippen molar-refractivity contribution in [2.24, 2.45) is 7.05 Å². The number of fused-ring (bicyclic) bond motifs is 1. The van der Waals surface area contributed by atoms with Crippen LogP contribution in [0.3, 0.4) is 0 Å². The Bertz CT molecular complexity index is 724. The number of hydrogen-bond acceptors (Lipinski definition) is 3. The molecular formula is C13H10ClFN2O3. The zero-order chi connectivity index (χ0) is 14.9. The molecule has 1 amide bonds. The van der Waals surface area contributed by atoms with Crippen LogP contribution in [0.1, 0.15) is 10.4 Å². The second-order valence-corrected chi connectivity index (χ2v) is 4.51. The number of ketones is 1. The van der Waals surface area contributed by atoms with Gasteiger partial charge in [0, 0.05) is 24.3 Å². The van der Waals surface area contributed by atoms with Gasteiger partial charge in [0.2, 0.25) is 5.78 Å². The number of nitrogens with zero attached hydrogens (tertiary/aromatic N) is 1. The van der Waals surface area contributed by atoms with E-state index in [4.69, 9.17) is 11.6 Å². The number of halogens is 2. The number of Topliss-reactive ketones (excluding diaryl/α,β-unsaturated/α-hetero) is 1. The van der Waals surface area contributed by atoms with Crippen molar-refractivity contribution >= 4 is 45.1 Å². The van der Waals surface area contributed by atoms with E-state index in [1.807, 2.05) is 0 Å². The van der Waals surface area contributed by atoms with Crippen molar-refractivity contribution < 1.29 is 18.8 Å². The molecule has 0 aliphatic rings. The molecule has 0 saturated heterocycles. The minimum Gasteiger partial charge on any atom is -0.350 e. The fourth-order valence-electron chi connectivity index (χ4n) is 1.94. The lowest BCUT2D eigenvalue weighted by atomic mass is 10.1. The third-order valence-electron chi connectivity index (χ3n) is 2.82. The maximum atomic E-state index is 12.2. The van der Waals surface area contributed by atoms with Crippen LogP contribution >= 0.6 is 11.6 Å². The van der Waals surface area contributed by atoms with Crippen molar-refractivity contribution in [2.45, 2.75) is 0 Å². The van der Waals surface area contributed by atoms with Crippen LogP contribution in [0.15, 0.2) is 24.4 Å². The molecule has 7 heteroatoms. The van der Waals surface area contributed by atoms with E-state index in [0.29, 0.717) is 16.6 Å². The number of carbonyl (C=O) groups is 3. The minimum absolute atomic E-state index is 0.186. The Morgan fingerprint density at radius 1 is 1.35 bits per heavy atom. The molecule has 1 N–H and O–H groups in total. The Balaban J connectivity index is 2.50. The van der Waals surface area contributed by atoms with E-state index >= 15 is 0 Å². The van der Waals surface area contributed by atoms with Crippen molar-refractivity contribution in [1.29, 1.82) is 0 Å². The fourth-order valence-corrected chi connectivity index (χ4v) is 2.04. The van der Waals surface area contributed by atoms with Gasteiger partial charge in [0.05, 0.1) is 11.1 Å². The maximum Gasteiger partial charge on any atom is 0.293 e. The highest BCUT2D eigenvalue weighted by molar-refractivity contribution is 6.83. The Morgan fingerprint density at radius 2 is 2.05 bits per heavy atom. The molecule has 0 aliphatic heterocycles. The van der Waals surface area contributed by atoms with Crippen molar-refractivity contribution in [1.82, 2.24) is 4.57 Å². The summed E-state index contributed by atoms with van der Waals surface area (Å²) in [6.07, 6.45) is 1.48. The van der Waals surface area contributed by atoms with Gasteiger partial charge in [0.25, 0.3) is 11.1 Å². The molecule has 2 rings (SSSR count). The quantitative estimate of drug-likeness (QED) is 0.533. The molecule has 0 saturated carbocycles. The van der Waals surface area contributed by atoms with Crippen LogP contribution in [0.4, 0.5) is 10.1 Å². The molecular weight excluding hydrogens is 287 g/mol. The lowest BCUT2D eigenvalue weighted by Crippen LogP contribution is -2.12. The van der Waals surface area contributed by atoms with Gasteiger partial charge in [-0.15, -0.1) is 0 Å². The molecule has 0 unspecified atom stereocenters. The van der Waals surface area contributed by atoms with Crippen molar-refractivity contribution in [2.75, 3.05) is 12.0 Å². The minimum atomic E-state index is -1.12. The Morgan fingerprint density at radius 3 is 2.65 bits per heavy atom. The molecule has 1 aromatic heterocycles. The summed E-state index contributed by atoms with van der Waals surface area (Å²) in [4.78, 5) is 33.6. The van der Waals surface area contributed by atoms with Gasteiger partial charge in [-0.3, -0.25) is 14.4 Å². The molecule has 0 atom stereocenters. The maximum absolute atomic E-state index is 12.2. The molecule has 5 nitrogen and oxygen atoms in total. The van der Waals surface area contributed by atoms with Gasteiger partial charge in [-0.1, -0.05) is 6.07 Å². The first-order valence-electron chi connectivity index (χ1n) is 5.63. The lowest BCUT2D eigenvalue weighted by molar-refractivity contribution is -0.117. The van der Waals surface area contributed by atoms with Crippen LogP contribution in [0.2, 0.25) is 0 Å². The van der Waals surface area contributed by atoms with E-state index in [1.165, 1.54) is 12.3 Å². The van der Waals surface area contributed by atoms with Crippen LogP contribution in [-0.2, 0) is 16.6 Å². The van der Waals surface area contributed by atoms with Crippen molar-refractivity contribution in [3.8, 4) is 0 Å². The average molecular weight is 297 g/mol. The topological polar surface area (TPSA) is 68.2 Å². The summed E-state index contributed by atoms with van der Waals surface area (Å²) in [5, 5.41) is 1.84. The van der Waals surface area contributed by atoms with Gasteiger partial charge in [-0.25, -0.2) is 4.39 Å². The van der Waals surface area contributed by atoms with Crippen LogP contribution < -0.4 is 5.32 Å². The Hall–Kier alpha value is -2.21. The SMILES string of the molecule is Cn1cc(C(=O)C(=O)Cl)c2ccc(NC(=O)CF)cc21. The number of benzene rings is 1. The lowest BCUT2D eigenvalue weighted by Gasteiger charge is -2.04. The van der Waals surface area contributed by atoms with Crippen LogP contribution in [0, 0.1) is 0 Å². The fraction of sp³-hybridized carbons (Fsp3) is 0.154. The van der Waals surface area contributed by atoms with Crippen molar-refractivity contribution in [3.05, 3.63) is 30.0 Å². The monoisotopic (exact) mass is 296 g/mol. The van der Waals surface area contributed by atoms with E-state index in [1.54, 1.807) is 23.7 Å². The number of anilines is 1. The molecule has 1 aromatic carbocycles. The third kappa shape index (κ3) is 2.55. The van der Waals surface area contributed by atoms with Crippen LogP contribution in [0.5, 0.6) is 0 Å². The van der Waals surface area contributed by atoms with Crippen molar-refractivity contribution in [3.63, 3.8) is 0 Å². The van der Waals surface area contributed by atoms with Gasteiger partial charge in [0.15, 0.2) is 6.67 Å². The summed E-state index contributed by atoms with van der Waals surface area (Å²) in [5.74, 6) is -1.55. The molecule has 2 aromatic rings. The Kier molecular flexibility index (Phi) is 3.85. The summed E-state index contributed by atoms with van der Waals surface area (Å²) in [7, 11) is 1.68. The highest BCUT2D eigenvalue weighted by Gasteiger charge is 2.19. The first kappa shape index (κ1) is 14.2. The molecule has 0 aliphatic carbocycles. The normalized spacial score (nSPS) is 10.6. The smallest absolute Gasteiger partial charge is 0.293 e. The molecule has 104 valence electrons. The summed E-state index contributed by atoms with van der Waals surface area (Å²) in [5.41, 5.74) is 1.20. The molecule has 0 spiro atoms. The number of nitrogens with one attached hydrogen (secondary N) is 1. The number of carbonyl (C=O) groups excluding carboxylic acids is 3. The number of rotatable bonds is 4. The predicted molar refractivity (Wildman–Crippen MR) is 72.7 cm³/mol. The summed E-state index contributed by atoms with van der Waals surface area (Å²) in [6, 6.07) is 4.67.